The molecule has 5 nitrogen and oxygen atoms in total. The van der Waals surface area contributed by atoms with Crippen LogP contribution in [0.4, 0.5) is 0 Å². The third kappa shape index (κ3) is 2.04. The second kappa shape index (κ2) is 4.70. The molecule has 0 saturated heterocycles. The van der Waals surface area contributed by atoms with Crippen LogP contribution in [0, 0.1) is 0 Å². The molecule has 0 aliphatic heterocycles. The molecule has 2 aromatic heterocycles. The van der Waals surface area contributed by atoms with Crippen molar-refractivity contribution in [2.75, 3.05) is 0 Å². The smallest absolute Gasteiger partial charge is 0.406 e. The lowest BCUT2D eigenvalue weighted by Crippen LogP contribution is -2.17. The lowest BCUT2D eigenvalue weighted by molar-refractivity contribution is 0.517. The predicted molar refractivity (Wildman–Crippen MR) is 71.7 cm³/mol. The number of hydrogen-bond acceptors (Lipinski definition) is 4. The number of fused-ring (bicyclic) bond motifs is 1. The Kier molecular flexibility index (Phi) is 2.89. The number of oxazole rings is 1. The summed E-state index contributed by atoms with van der Waals surface area (Å²) in [5.41, 5.74) is 8.77. The van der Waals surface area contributed by atoms with Crippen molar-refractivity contribution in [3.8, 4) is 0 Å². The van der Waals surface area contributed by atoms with Gasteiger partial charge in [-0.25, -0.2) is 9.78 Å². The average Bonchev–Trinajstić information content (AvgIpc) is 2.76. The van der Waals surface area contributed by atoms with E-state index in [2.05, 4.69) is 4.98 Å². The van der Waals surface area contributed by atoms with Gasteiger partial charge in [0.2, 0.25) is 0 Å². The maximum Gasteiger partial charge on any atom is 0.421 e. The largest absolute Gasteiger partial charge is 0.421 e. The van der Waals surface area contributed by atoms with E-state index in [0.29, 0.717) is 24.3 Å². The molecule has 0 saturated carbocycles. The molecule has 0 fully saturated rings. The van der Waals surface area contributed by atoms with Crippen LogP contribution in [0.1, 0.15) is 11.1 Å². The van der Waals surface area contributed by atoms with E-state index in [1.54, 1.807) is 18.3 Å². The van der Waals surface area contributed by atoms with E-state index in [1.165, 1.54) is 4.57 Å². The highest BCUT2D eigenvalue weighted by molar-refractivity contribution is 5.67. The molecule has 0 aliphatic carbocycles. The number of nitrogens with two attached hydrogens (primary N) is 1. The van der Waals surface area contributed by atoms with Crippen LogP contribution in [-0.2, 0) is 13.1 Å². The monoisotopic (exact) mass is 255 g/mol. The third-order valence-electron chi connectivity index (χ3n) is 3.09. The second-order valence-corrected chi connectivity index (χ2v) is 4.25. The molecule has 3 rings (SSSR count). The average molecular weight is 255 g/mol. The van der Waals surface area contributed by atoms with Gasteiger partial charge in [-0.05, 0) is 23.3 Å². The maximum atomic E-state index is 11.9. The zero-order valence-electron chi connectivity index (χ0n) is 10.2. The molecule has 0 amide bonds. The Morgan fingerprint density at radius 3 is 2.74 bits per heavy atom. The fourth-order valence-corrected chi connectivity index (χ4v) is 2.12. The number of pyridine rings is 1. The topological polar surface area (TPSA) is 74.0 Å². The highest BCUT2D eigenvalue weighted by Crippen LogP contribution is 2.13. The predicted octanol–water partition coefficient (Wildman–Crippen LogP) is 1.50. The molecule has 19 heavy (non-hydrogen) atoms. The van der Waals surface area contributed by atoms with E-state index in [0.717, 1.165) is 11.1 Å². The van der Waals surface area contributed by atoms with E-state index in [-0.39, 0.29) is 0 Å². The van der Waals surface area contributed by atoms with Crippen molar-refractivity contribution in [2.24, 2.45) is 5.73 Å². The molecule has 1 aromatic carbocycles. The van der Waals surface area contributed by atoms with Crippen molar-refractivity contribution in [1.82, 2.24) is 9.55 Å². The lowest BCUT2D eigenvalue weighted by atomic mass is 10.1. The molecular weight excluding hydrogens is 242 g/mol. The first-order valence-corrected chi connectivity index (χ1v) is 6.01. The van der Waals surface area contributed by atoms with Gasteiger partial charge in [-0.1, -0.05) is 24.3 Å². The molecule has 5 heteroatoms. The summed E-state index contributed by atoms with van der Waals surface area (Å²) in [6.45, 7) is 0.852. The fraction of sp³-hybridized carbons (Fsp3) is 0.143. The van der Waals surface area contributed by atoms with Crippen LogP contribution in [0.3, 0.4) is 0 Å². The van der Waals surface area contributed by atoms with E-state index >= 15 is 0 Å². The number of aromatic nitrogens is 2. The quantitative estimate of drug-likeness (QED) is 0.769. The molecule has 0 unspecified atom stereocenters. The van der Waals surface area contributed by atoms with Crippen LogP contribution >= 0.6 is 0 Å². The summed E-state index contributed by atoms with van der Waals surface area (Å²) in [6, 6.07) is 11.2. The summed E-state index contributed by atoms with van der Waals surface area (Å²) in [6.07, 6.45) is 1.64. The van der Waals surface area contributed by atoms with Crippen molar-refractivity contribution >= 4 is 11.2 Å². The molecule has 0 radical (unpaired) electrons. The van der Waals surface area contributed by atoms with Crippen LogP contribution in [0.2, 0.25) is 0 Å². The summed E-state index contributed by atoms with van der Waals surface area (Å²) < 4.78 is 6.68. The molecule has 2 N–H and O–H groups in total. The van der Waals surface area contributed by atoms with Gasteiger partial charge < -0.3 is 10.2 Å². The Hall–Kier alpha value is -2.40. The lowest BCUT2D eigenvalue weighted by Gasteiger charge is -2.07. The number of benzene rings is 1. The van der Waals surface area contributed by atoms with Gasteiger partial charge in [0.15, 0.2) is 11.2 Å². The molecule has 2 heterocycles. The SMILES string of the molecule is NCc1ccccc1Cn1c(=O)oc2cccnc21. The number of nitrogens with zero attached hydrogens (tertiary/aromatic N) is 2. The summed E-state index contributed by atoms with van der Waals surface area (Å²) in [5.74, 6) is -0.402. The summed E-state index contributed by atoms with van der Waals surface area (Å²) in [5, 5.41) is 0. The van der Waals surface area contributed by atoms with Crippen molar-refractivity contribution in [2.45, 2.75) is 13.1 Å². The van der Waals surface area contributed by atoms with Crippen LogP contribution in [0.25, 0.3) is 11.2 Å². The second-order valence-electron chi connectivity index (χ2n) is 4.25. The molecule has 0 spiro atoms. The van der Waals surface area contributed by atoms with Gasteiger partial charge in [-0.2, -0.15) is 0 Å². The number of rotatable bonds is 3. The summed E-state index contributed by atoms with van der Waals surface area (Å²) >= 11 is 0. The van der Waals surface area contributed by atoms with Crippen molar-refractivity contribution < 1.29 is 4.42 Å². The fourth-order valence-electron chi connectivity index (χ4n) is 2.12. The zero-order valence-corrected chi connectivity index (χ0v) is 10.2. The van der Waals surface area contributed by atoms with Gasteiger partial charge in [-0.3, -0.25) is 4.57 Å². The van der Waals surface area contributed by atoms with Crippen LogP contribution in [0.15, 0.2) is 51.8 Å². The minimum atomic E-state index is -0.402. The highest BCUT2D eigenvalue weighted by Gasteiger charge is 2.11. The first-order chi connectivity index (χ1) is 9.29. The van der Waals surface area contributed by atoms with E-state index < -0.39 is 5.76 Å². The first kappa shape index (κ1) is 11.7. The van der Waals surface area contributed by atoms with Crippen LogP contribution < -0.4 is 11.5 Å². The summed E-state index contributed by atoms with van der Waals surface area (Å²) in [4.78, 5) is 16.1. The normalized spacial score (nSPS) is 11.0. The van der Waals surface area contributed by atoms with Gasteiger partial charge in [-0.15, -0.1) is 0 Å². The Morgan fingerprint density at radius 2 is 1.95 bits per heavy atom. The molecular formula is C14H13N3O2. The molecule has 0 aliphatic rings. The van der Waals surface area contributed by atoms with Gasteiger partial charge in [0.05, 0.1) is 6.54 Å². The number of hydrogen-bond donors (Lipinski definition) is 1. The third-order valence-corrected chi connectivity index (χ3v) is 3.09. The maximum absolute atomic E-state index is 11.9. The van der Waals surface area contributed by atoms with E-state index in [9.17, 15) is 4.79 Å². The molecule has 96 valence electrons. The Bertz CT molecular complexity index is 773. The summed E-state index contributed by atoms with van der Waals surface area (Å²) in [7, 11) is 0. The van der Waals surface area contributed by atoms with Crippen LogP contribution in [-0.4, -0.2) is 9.55 Å². The van der Waals surface area contributed by atoms with Crippen molar-refractivity contribution in [3.05, 3.63) is 64.3 Å². The first-order valence-electron chi connectivity index (χ1n) is 6.01. The minimum absolute atomic E-state index is 0.402. The highest BCUT2D eigenvalue weighted by atomic mass is 16.4. The standard InChI is InChI=1S/C14H13N3O2/c15-8-10-4-1-2-5-11(10)9-17-13-12(19-14(17)18)6-3-7-16-13/h1-7H,8-9,15H2. The van der Waals surface area contributed by atoms with Crippen molar-refractivity contribution in [1.29, 1.82) is 0 Å². The molecule has 0 atom stereocenters. The van der Waals surface area contributed by atoms with Gasteiger partial charge in [0.1, 0.15) is 0 Å². The van der Waals surface area contributed by atoms with Gasteiger partial charge in [0, 0.05) is 12.7 Å². The van der Waals surface area contributed by atoms with E-state index in [1.807, 2.05) is 24.3 Å². The van der Waals surface area contributed by atoms with Gasteiger partial charge >= 0.3 is 5.76 Å². The van der Waals surface area contributed by atoms with Gasteiger partial charge in [0.25, 0.3) is 0 Å². The Morgan fingerprint density at radius 1 is 1.16 bits per heavy atom. The minimum Gasteiger partial charge on any atom is -0.406 e. The Balaban J connectivity index is 2.11. The zero-order chi connectivity index (χ0) is 13.2. The molecule has 3 aromatic rings. The molecule has 0 bridgehead atoms. The van der Waals surface area contributed by atoms with Crippen LogP contribution in [0.5, 0.6) is 0 Å². The van der Waals surface area contributed by atoms with Crippen molar-refractivity contribution in [3.63, 3.8) is 0 Å². The van der Waals surface area contributed by atoms with E-state index in [4.69, 9.17) is 10.2 Å². The Labute approximate surface area is 109 Å².